The highest BCUT2D eigenvalue weighted by Crippen LogP contribution is 2.31. The number of fused-ring (bicyclic) bond motifs is 1. The molecule has 0 fully saturated rings. The molecule has 0 amide bonds. The fourth-order valence-electron chi connectivity index (χ4n) is 3.96. The third-order valence-electron chi connectivity index (χ3n) is 5.41. The van der Waals surface area contributed by atoms with E-state index >= 15 is 0 Å². The van der Waals surface area contributed by atoms with E-state index in [0.717, 1.165) is 42.2 Å². The molecule has 0 aliphatic heterocycles. The molecule has 0 saturated carbocycles. The van der Waals surface area contributed by atoms with Gasteiger partial charge in [0.15, 0.2) is 10.9 Å². The first-order valence-corrected chi connectivity index (χ1v) is 11.4. The van der Waals surface area contributed by atoms with Crippen molar-refractivity contribution in [2.45, 2.75) is 50.7 Å². The van der Waals surface area contributed by atoms with Gasteiger partial charge in [-0.2, -0.15) is 0 Å². The van der Waals surface area contributed by atoms with Crippen LogP contribution < -0.4 is 17.0 Å². The summed E-state index contributed by atoms with van der Waals surface area (Å²) >= 11 is 1.29. The molecule has 1 aliphatic rings. The average molecular weight is 440 g/mol. The molecule has 1 aliphatic carbocycles. The number of ketones is 1. The Balaban J connectivity index is 1.66. The Bertz CT molecular complexity index is 1230. The lowest BCUT2D eigenvalue weighted by Crippen LogP contribution is -2.36. The summed E-state index contributed by atoms with van der Waals surface area (Å²) in [6, 6.07) is 9.95. The number of Topliss-reactive ketones (excluding diaryl/α,β-unsaturated/α-hetero) is 1. The van der Waals surface area contributed by atoms with Crippen LogP contribution in [0.25, 0.3) is 5.69 Å². The van der Waals surface area contributed by atoms with Gasteiger partial charge in [-0.3, -0.25) is 23.7 Å². The number of aromatic amines is 1. The first kappa shape index (κ1) is 21.2. The van der Waals surface area contributed by atoms with Crippen LogP contribution in [-0.4, -0.2) is 30.6 Å². The van der Waals surface area contributed by atoms with Crippen LogP contribution in [-0.2, 0) is 19.4 Å². The molecule has 0 unspecified atom stereocenters. The molecule has 0 atom stereocenters. The van der Waals surface area contributed by atoms with Crippen molar-refractivity contribution in [3.05, 3.63) is 68.1 Å². The van der Waals surface area contributed by atoms with Crippen LogP contribution >= 0.6 is 11.8 Å². The number of hydrogen-bond acceptors (Lipinski definition) is 6. The number of nitrogens with zero attached hydrogens (tertiary/aromatic N) is 3. The fraction of sp³-hybridized carbons (Fsp3) is 0.364. The summed E-state index contributed by atoms with van der Waals surface area (Å²) in [5, 5.41) is 0.725. The molecule has 0 bridgehead atoms. The van der Waals surface area contributed by atoms with Crippen LogP contribution in [0.15, 0.2) is 45.1 Å². The summed E-state index contributed by atoms with van der Waals surface area (Å²) in [6.45, 7) is 2.22. The van der Waals surface area contributed by atoms with E-state index in [1.807, 2.05) is 37.3 Å². The van der Waals surface area contributed by atoms with Crippen LogP contribution in [0.4, 0.5) is 5.82 Å². The van der Waals surface area contributed by atoms with E-state index < -0.39 is 17.0 Å². The number of anilines is 1. The van der Waals surface area contributed by atoms with Crippen LogP contribution in [0.2, 0.25) is 0 Å². The van der Waals surface area contributed by atoms with Crippen molar-refractivity contribution in [2.24, 2.45) is 0 Å². The van der Waals surface area contributed by atoms with Gasteiger partial charge < -0.3 is 5.73 Å². The second-order valence-corrected chi connectivity index (χ2v) is 8.49. The zero-order valence-electron chi connectivity index (χ0n) is 17.4. The molecule has 1 aromatic carbocycles. The lowest BCUT2D eigenvalue weighted by Gasteiger charge is -2.15. The van der Waals surface area contributed by atoms with Gasteiger partial charge >= 0.3 is 5.69 Å². The Hall–Kier alpha value is -3.07. The summed E-state index contributed by atoms with van der Waals surface area (Å²) in [4.78, 5) is 44.3. The lowest BCUT2D eigenvalue weighted by molar-refractivity contribution is 0.102. The van der Waals surface area contributed by atoms with E-state index in [4.69, 9.17) is 10.7 Å². The zero-order chi connectivity index (χ0) is 22.0. The van der Waals surface area contributed by atoms with Gasteiger partial charge in [-0.1, -0.05) is 36.9 Å². The summed E-state index contributed by atoms with van der Waals surface area (Å²) in [5.74, 6) is -0.499. The molecule has 2 heterocycles. The smallest absolute Gasteiger partial charge is 0.329 e. The standard InChI is InChI=1S/C22H25N5O3S/c1-2-12-26-19(23)18(20(29)25-21(26)30)17(28)13-31-22-24-15-10-6-7-11-16(15)27(22)14-8-4-3-5-9-14/h3-5,8-9H,2,6-7,10-13,23H2,1H3,(H,25,29,30). The van der Waals surface area contributed by atoms with Gasteiger partial charge in [0, 0.05) is 17.9 Å². The van der Waals surface area contributed by atoms with Crippen molar-refractivity contribution in [3.8, 4) is 5.69 Å². The number of hydrogen-bond donors (Lipinski definition) is 2. The molecule has 0 saturated heterocycles. The average Bonchev–Trinajstić information content (AvgIpc) is 3.14. The second kappa shape index (κ2) is 8.97. The number of nitrogens with one attached hydrogen (secondary N) is 1. The van der Waals surface area contributed by atoms with Crippen LogP contribution in [0.3, 0.4) is 0 Å². The van der Waals surface area contributed by atoms with Gasteiger partial charge in [-0.25, -0.2) is 9.78 Å². The number of H-pyrrole nitrogens is 1. The molecule has 31 heavy (non-hydrogen) atoms. The fourth-order valence-corrected chi connectivity index (χ4v) is 4.88. The molecule has 3 N–H and O–H groups in total. The number of imidazole rings is 1. The number of nitrogen functional groups attached to an aromatic ring is 1. The highest BCUT2D eigenvalue weighted by Gasteiger charge is 2.24. The topological polar surface area (TPSA) is 116 Å². The van der Waals surface area contributed by atoms with Crippen molar-refractivity contribution in [2.75, 3.05) is 11.5 Å². The van der Waals surface area contributed by atoms with Gasteiger partial charge in [-0.15, -0.1) is 0 Å². The molecule has 8 nitrogen and oxygen atoms in total. The molecule has 162 valence electrons. The van der Waals surface area contributed by atoms with Crippen molar-refractivity contribution < 1.29 is 4.79 Å². The largest absolute Gasteiger partial charge is 0.384 e. The van der Waals surface area contributed by atoms with Gasteiger partial charge in [0.25, 0.3) is 5.56 Å². The molecule has 0 radical (unpaired) electrons. The Morgan fingerprint density at radius 1 is 1.19 bits per heavy atom. The third-order valence-corrected chi connectivity index (χ3v) is 6.35. The molecular formula is C22H25N5O3S. The van der Waals surface area contributed by atoms with E-state index in [2.05, 4.69) is 9.55 Å². The number of nitrogens with two attached hydrogens (primary N) is 1. The lowest BCUT2D eigenvalue weighted by atomic mass is 10.0. The molecular weight excluding hydrogens is 414 g/mol. The van der Waals surface area contributed by atoms with E-state index in [1.54, 1.807) is 0 Å². The number of thioether (sulfide) groups is 1. The minimum Gasteiger partial charge on any atom is -0.384 e. The third kappa shape index (κ3) is 4.10. The van der Waals surface area contributed by atoms with Crippen molar-refractivity contribution >= 4 is 23.4 Å². The van der Waals surface area contributed by atoms with Gasteiger partial charge in [0.05, 0.1) is 11.4 Å². The SMILES string of the molecule is CCCn1c(N)c(C(=O)CSc2nc3c(n2-c2ccccc2)CCCC3)c(=O)[nH]c1=O. The monoisotopic (exact) mass is 439 g/mol. The van der Waals surface area contributed by atoms with Crippen LogP contribution in [0, 0.1) is 0 Å². The maximum Gasteiger partial charge on any atom is 0.329 e. The Labute approximate surface area is 183 Å². The van der Waals surface area contributed by atoms with E-state index in [1.165, 1.54) is 22.0 Å². The number of benzene rings is 1. The maximum atomic E-state index is 12.9. The highest BCUT2D eigenvalue weighted by molar-refractivity contribution is 7.99. The predicted octanol–water partition coefficient (Wildman–Crippen LogP) is 2.57. The zero-order valence-corrected chi connectivity index (χ0v) is 18.2. The number of carbonyl (C=O) groups is 1. The molecule has 2 aromatic heterocycles. The summed E-state index contributed by atoms with van der Waals surface area (Å²) in [5.41, 5.74) is 7.78. The molecule has 3 aromatic rings. The van der Waals surface area contributed by atoms with Gasteiger partial charge in [0.2, 0.25) is 0 Å². The Kier molecular flexibility index (Phi) is 6.13. The van der Waals surface area contributed by atoms with E-state index in [0.29, 0.717) is 13.0 Å². The second-order valence-electron chi connectivity index (χ2n) is 7.55. The van der Waals surface area contributed by atoms with Crippen molar-refractivity contribution in [1.82, 2.24) is 19.1 Å². The maximum absolute atomic E-state index is 12.9. The molecule has 0 spiro atoms. The minimum atomic E-state index is -0.744. The quantitative estimate of drug-likeness (QED) is 0.432. The summed E-state index contributed by atoms with van der Waals surface area (Å²) in [7, 11) is 0. The number of aromatic nitrogens is 4. The highest BCUT2D eigenvalue weighted by atomic mass is 32.2. The summed E-state index contributed by atoms with van der Waals surface area (Å²) < 4.78 is 3.35. The van der Waals surface area contributed by atoms with Crippen molar-refractivity contribution in [3.63, 3.8) is 0 Å². The van der Waals surface area contributed by atoms with Crippen molar-refractivity contribution in [1.29, 1.82) is 0 Å². The Morgan fingerprint density at radius 2 is 1.94 bits per heavy atom. The Morgan fingerprint density at radius 3 is 2.68 bits per heavy atom. The first-order valence-electron chi connectivity index (χ1n) is 10.5. The van der Waals surface area contributed by atoms with E-state index in [-0.39, 0.29) is 17.1 Å². The number of rotatable bonds is 7. The number of carbonyl (C=O) groups excluding carboxylic acids is 1. The number of para-hydroxylation sites is 1. The number of aryl methyl sites for hydroxylation is 1. The summed E-state index contributed by atoms with van der Waals surface area (Å²) in [6.07, 6.45) is 4.73. The normalized spacial score (nSPS) is 13.2. The molecule has 4 rings (SSSR count). The van der Waals surface area contributed by atoms with Gasteiger partial charge in [0.1, 0.15) is 11.4 Å². The minimum absolute atomic E-state index is 0.000333. The molecule has 9 heteroatoms. The van der Waals surface area contributed by atoms with Gasteiger partial charge in [-0.05, 0) is 44.2 Å². The first-order chi connectivity index (χ1) is 15.0. The van der Waals surface area contributed by atoms with Crippen LogP contribution in [0.5, 0.6) is 0 Å². The predicted molar refractivity (Wildman–Crippen MR) is 121 cm³/mol. The van der Waals surface area contributed by atoms with Crippen LogP contribution in [0.1, 0.15) is 47.9 Å². The van der Waals surface area contributed by atoms with E-state index in [9.17, 15) is 14.4 Å².